The minimum absolute atomic E-state index is 0.581. The second kappa shape index (κ2) is 7.38. The standard InChI is InChI=1S/C13H20BrNO2S/c1-13(16,9-18-3)8-15-7-10-4-5-12(17-2)11(14)6-10/h4-6,15-16H,7-9H2,1-3H3. The van der Waals surface area contributed by atoms with Crippen molar-refractivity contribution in [1.29, 1.82) is 0 Å². The van der Waals surface area contributed by atoms with Crippen molar-refractivity contribution in [3.8, 4) is 5.75 Å². The van der Waals surface area contributed by atoms with Gasteiger partial charge < -0.3 is 15.2 Å². The molecular formula is C13H20BrNO2S. The van der Waals surface area contributed by atoms with Gasteiger partial charge in [-0.3, -0.25) is 0 Å². The average Bonchev–Trinajstić information content (AvgIpc) is 2.29. The Hall–Kier alpha value is -0.230. The van der Waals surface area contributed by atoms with Crippen LogP contribution in [0.3, 0.4) is 0 Å². The Morgan fingerprint density at radius 3 is 2.78 bits per heavy atom. The van der Waals surface area contributed by atoms with Crippen molar-refractivity contribution in [2.75, 3.05) is 25.7 Å². The molecular weight excluding hydrogens is 314 g/mol. The van der Waals surface area contributed by atoms with E-state index in [0.29, 0.717) is 6.54 Å². The lowest BCUT2D eigenvalue weighted by Crippen LogP contribution is -2.39. The Morgan fingerprint density at radius 1 is 1.50 bits per heavy atom. The molecule has 0 aliphatic rings. The van der Waals surface area contributed by atoms with Gasteiger partial charge in [0.05, 0.1) is 17.2 Å². The molecule has 3 nitrogen and oxygen atoms in total. The number of nitrogens with one attached hydrogen (secondary N) is 1. The largest absolute Gasteiger partial charge is 0.496 e. The van der Waals surface area contributed by atoms with Gasteiger partial charge in [-0.2, -0.15) is 11.8 Å². The maximum absolute atomic E-state index is 10.0. The lowest BCUT2D eigenvalue weighted by atomic mass is 10.1. The zero-order chi connectivity index (χ0) is 13.6. The summed E-state index contributed by atoms with van der Waals surface area (Å²) in [5.74, 6) is 1.56. The van der Waals surface area contributed by atoms with Crippen molar-refractivity contribution in [2.45, 2.75) is 19.1 Å². The molecule has 0 saturated heterocycles. The Balaban J connectivity index is 2.47. The molecule has 0 aromatic heterocycles. The first-order chi connectivity index (χ1) is 8.48. The van der Waals surface area contributed by atoms with E-state index in [4.69, 9.17) is 4.74 Å². The summed E-state index contributed by atoms with van der Waals surface area (Å²) in [5.41, 5.74) is 0.492. The van der Waals surface area contributed by atoms with Gasteiger partial charge in [-0.15, -0.1) is 0 Å². The number of benzene rings is 1. The van der Waals surface area contributed by atoms with Crippen molar-refractivity contribution in [3.63, 3.8) is 0 Å². The van der Waals surface area contributed by atoms with Crippen molar-refractivity contribution in [3.05, 3.63) is 28.2 Å². The van der Waals surface area contributed by atoms with Crippen LogP contribution < -0.4 is 10.1 Å². The monoisotopic (exact) mass is 333 g/mol. The summed E-state index contributed by atoms with van der Waals surface area (Å²) < 4.78 is 6.13. The predicted molar refractivity (Wildman–Crippen MR) is 81.4 cm³/mol. The minimum atomic E-state index is -0.664. The van der Waals surface area contributed by atoms with Gasteiger partial charge in [-0.1, -0.05) is 6.07 Å². The van der Waals surface area contributed by atoms with Crippen LogP contribution in [0.1, 0.15) is 12.5 Å². The molecule has 2 N–H and O–H groups in total. The van der Waals surface area contributed by atoms with Gasteiger partial charge in [0, 0.05) is 18.8 Å². The number of rotatable bonds is 7. The first kappa shape index (κ1) is 15.8. The normalized spacial score (nSPS) is 14.3. The van der Waals surface area contributed by atoms with E-state index < -0.39 is 5.60 Å². The Bertz CT molecular complexity index is 385. The smallest absolute Gasteiger partial charge is 0.133 e. The lowest BCUT2D eigenvalue weighted by Gasteiger charge is -2.22. The van der Waals surface area contributed by atoms with Crippen molar-refractivity contribution < 1.29 is 9.84 Å². The summed E-state index contributed by atoms with van der Waals surface area (Å²) in [6.45, 7) is 3.16. The van der Waals surface area contributed by atoms with Crippen LogP contribution in [0.5, 0.6) is 5.75 Å². The number of thioether (sulfide) groups is 1. The van der Waals surface area contributed by atoms with Gasteiger partial charge in [-0.25, -0.2) is 0 Å². The Morgan fingerprint density at radius 2 is 2.22 bits per heavy atom. The molecule has 1 aromatic rings. The summed E-state index contributed by atoms with van der Waals surface area (Å²) in [4.78, 5) is 0. The maximum Gasteiger partial charge on any atom is 0.133 e. The number of methoxy groups -OCH3 is 1. The molecule has 5 heteroatoms. The summed E-state index contributed by atoms with van der Waals surface area (Å²) in [5, 5.41) is 13.3. The van der Waals surface area contributed by atoms with Crippen LogP contribution in [0.2, 0.25) is 0 Å². The molecule has 0 heterocycles. The fourth-order valence-electron chi connectivity index (χ4n) is 1.66. The van der Waals surface area contributed by atoms with Crippen molar-refractivity contribution in [1.82, 2.24) is 5.32 Å². The van der Waals surface area contributed by atoms with Gasteiger partial charge in [0.1, 0.15) is 5.75 Å². The Kier molecular flexibility index (Phi) is 6.49. The summed E-state index contributed by atoms with van der Waals surface area (Å²) in [7, 11) is 1.65. The molecule has 1 aromatic carbocycles. The first-order valence-corrected chi connectivity index (χ1v) is 7.91. The van der Waals surface area contributed by atoms with E-state index in [-0.39, 0.29) is 0 Å². The number of aliphatic hydroxyl groups is 1. The fraction of sp³-hybridized carbons (Fsp3) is 0.538. The van der Waals surface area contributed by atoms with Crippen LogP contribution in [0.15, 0.2) is 22.7 Å². The molecule has 0 fully saturated rings. The van der Waals surface area contributed by atoms with E-state index in [1.54, 1.807) is 18.9 Å². The second-order valence-corrected chi connectivity index (χ2v) is 6.22. The molecule has 1 rings (SSSR count). The van der Waals surface area contributed by atoms with Crippen molar-refractivity contribution >= 4 is 27.7 Å². The van der Waals surface area contributed by atoms with E-state index in [2.05, 4.69) is 21.2 Å². The number of hydrogen-bond acceptors (Lipinski definition) is 4. The molecule has 0 aliphatic carbocycles. The third-order valence-electron chi connectivity index (χ3n) is 2.51. The third-order valence-corrected chi connectivity index (χ3v) is 4.04. The lowest BCUT2D eigenvalue weighted by molar-refractivity contribution is 0.0846. The number of hydrogen-bond donors (Lipinski definition) is 2. The number of halogens is 1. The van der Waals surface area contributed by atoms with E-state index in [1.807, 2.05) is 31.4 Å². The average molecular weight is 334 g/mol. The summed E-state index contributed by atoms with van der Waals surface area (Å²) in [6.07, 6.45) is 2.00. The van der Waals surface area contributed by atoms with Gasteiger partial charge >= 0.3 is 0 Å². The maximum atomic E-state index is 10.0. The molecule has 0 saturated carbocycles. The van der Waals surface area contributed by atoms with E-state index in [9.17, 15) is 5.11 Å². The van der Waals surface area contributed by atoms with E-state index in [0.717, 1.165) is 28.1 Å². The van der Waals surface area contributed by atoms with Gasteiger partial charge in [-0.05, 0) is 46.8 Å². The van der Waals surface area contributed by atoms with Crippen LogP contribution in [0, 0.1) is 0 Å². The third kappa shape index (κ3) is 5.18. The Labute approximate surface area is 121 Å². The second-order valence-electron chi connectivity index (χ2n) is 4.50. The molecule has 0 aliphatic heterocycles. The zero-order valence-electron chi connectivity index (χ0n) is 11.0. The van der Waals surface area contributed by atoms with Crippen LogP contribution in [-0.4, -0.2) is 36.4 Å². The topological polar surface area (TPSA) is 41.5 Å². The van der Waals surface area contributed by atoms with Crippen LogP contribution in [-0.2, 0) is 6.54 Å². The predicted octanol–water partition coefficient (Wildman–Crippen LogP) is 2.66. The highest BCUT2D eigenvalue weighted by Crippen LogP contribution is 2.25. The van der Waals surface area contributed by atoms with Gasteiger partial charge in [0.15, 0.2) is 0 Å². The first-order valence-electron chi connectivity index (χ1n) is 5.73. The van der Waals surface area contributed by atoms with Gasteiger partial charge in [0.25, 0.3) is 0 Å². The molecule has 1 atom stereocenters. The SMILES string of the molecule is COc1ccc(CNCC(C)(O)CSC)cc1Br. The van der Waals surface area contributed by atoms with Crippen LogP contribution in [0.4, 0.5) is 0 Å². The van der Waals surface area contributed by atoms with Crippen molar-refractivity contribution in [2.24, 2.45) is 0 Å². The molecule has 0 spiro atoms. The van der Waals surface area contributed by atoms with Crippen LogP contribution in [0.25, 0.3) is 0 Å². The van der Waals surface area contributed by atoms with E-state index in [1.165, 1.54) is 0 Å². The molecule has 1 unspecified atom stereocenters. The summed E-state index contributed by atoms with van der Waals surface area (Å²) in [6, 6.07) is 5.97. The van der Waals surface area contributed by atoms with Crippen LogP contribution >= 0.6 is 27.7 Å². The highest BCUT2D eigenvalue weighted by Gasteiger charge is 2.18. The summed E-state index contributed by atoms with van der Waals surface area (Å²) >= 11 is 5.11. The minimum Gasteiger partial charge on any atom is -0.496 e. The quantitative estimate of drug-likeness (QED) is 0.804. The highest BCUT2D eigenvalue weighted by atomic mass is 79.9. The molecule has 0 bridgehead atoms. The number of ether oxygens (including phenoxy) is 1. The highest BCUT2D eigenvalue weighted by molar-refractivity contribution is 9.10. The van der Waals surface area contributed by atoms with E-state index >= 15 is 0 Å². The molecule has 102 valence electrons. The van der Waals surface area contributed by atoms with Gasteiger partial charge in [0.2, 0.25) is 0 Å². The fourth-order valence-corrected chi connectivity index (χ4v) is 2.97. The molecule has 18 heavy (non-hydrogen) atoms. The molecule has 0 amide bonds. The zero-order valence-corrected chi connectivity index (χ0v) is 13.4. The molecule has 0 radical (unpaired) electrons.